The van der Waals surface area contributed by atoms with Gasteiger partial charge in [0.15, 0.2) is 5.60 Å². The van der Waals surface area contributed by atoms with Crippen LogP contribution in [-0.2, 0) is 23.9 Å². The van der Waals surface area contributed by atoms with Gasteiger partial charge in [-0.05, 0) is 25.7 Å². The molecule has 7 nitrogen and oxygen atoms in total. The smallest absolute Gasteiger partial charge is 0.337 e. The van der Waals surface area contributed by atoms with Crippen molar-refractivity contribution >= 4 is 17.9 Å². The van der Waals surface area contributed by atoms with Crippen molar-refractivity contribution in [1.29, 1.82) is 0 Å². The van der Waals surface area contributed by atoms with Crippen LogP contribution in [0.15, 0.2) is 0 Å². The molecule has 0 rings (SSSR count). The number of rotatable bonds is 24. The summed E-state index contributed by atoms with van der Waals surface area (Å²) in [6, 6.07) is 0. The number of carboxylic acids is 2. The summed E-state index contributed by atoms with van der Waals surface area (Å²) < 4.78 is 11.7. The van der Waals surface area contributed by atoms with Gasteiger partial charge in [0.25, 0.3) is 0 Å². The van der Waals surface area contributed by atoms with Crippen LogP contribution in [0.25, 0.3) is 0 Å². The Hall–Kier alpha value is -1.63. The summed E-state index contributed by atoms with van der Waals surface area (Å²) in [4.78, 5) is 38.8. The predicted molar refractivity (Wildman–Crippen MR) is 139 cm³/mol. The predicted octanol–water partition coefficient (Wildman–Crippen LogP) is 7.15. The quantitative estimate of drug-likeness (QED) is 0.107. The molecule has 0 radical (unpaired) electrons. The Morgan fingerprint density at radius 2 is 1.11 bits per heavy atom. The third-order valence-corrected chi connectivity index (χ3v) is 6.90. The van der Waals surface area contributed by atoms with Crippen molar-refractivity contribution in [3.63, 3.8) is 0 Å². The van der Waals surface area contributed by atoms with Crippen LogP contribution in [0.1, 0.15) is 137 Å². The minimum Gasteiger partial charge on any atom is -0.481 e. The molecule has 1 unspecified atom stereocenters. The van der Waals surface area contributed by atoms with Crippen molar-refractivity contribution in [2.24, 2.45) is 5.41 Å². The number of carbonyl (C=O) groups excluding carboxylic acids is 1. The van der Waals surface area contributed by atoms with Crippen LogP contribution in [0.4, 0.5) is 0 Å². The van der Waals surface area contributed by atoms with E-state index in [4.69, 9.17) is 9.47 Å². The van der Waals surface area contributed by atoms with Gasteiger partial charge in [-0.15, -0.1) is 0 Å². The average molecular weight is 501 g/mol. The lowest BCUT2D eigenvalue weighted by molar-refractivity contribution is -0.211. The first-order chi connectivity index (χ1) is 16.8. The van der Waals surface area contributed by atoms with Gasteiger partial charge in [0.05, 0.1) is 13.0 Å². The molecule has 7 heteroatoms. The van der Waals surface area contributed by atoms with Gasteiger partial charge in [0, 0.05) is 6.61 Å². The molecular formula is C28H52O7. The zero-order chi connectivity index (χ0) is 26.6. The summed E-state index contributed by atoms with van der Waals surface area (Å²) in [6.45, 7) is 8.54. The van der Waals surface area contributed by atoms with Gasteiger partial charge in [-0.25, -0.2) is 4.79 Å². The number of carboxylic acid groups (broad SMARTS) is 2. The molecular weight excluding hydrogens is 448 g/mol. The van der Waals surface area contributed by atoms with Crippen molar-refractivity contribution in [2.75, 3.05) is 13.2 Å². The molecule has 0 fully saturated rings. The minimum atomic E-state index is -2.16. The highest BCUT2D eigenvalue weighted by Gasteiger charge is 2.63. The van der Waals surface area contributed by atoms with Gasteiger partial charge in [-0.2, -0.15) is 0 Å². The third-order valence-electron chi connectivity index (χ3n) is 6.90. The van der Waals surface area contributed by atoms with Crippen LogP contribution < -0.4 is 0 Å². The zero-order valence-corrected chi connectivity index (χ0v) is 22.9. The molecule has 206 valence electrons. The molecule has 0 amide bonds. The summed E-state index contributed by atoms with van der Waals surface area (Å²) in [5.41, 5.74) is -3.70. The van der Waals surface area contributed by atoms with Crippen LogP contribution >= 0.6 is 0 Å². The minimum absolute atomic E-state index is 0.105. The first-order valence-electron chi connectivity index (χ1n) is 14.0. The maximum Gasteiger partial charge on any atom is 0.337 e. The molecule has 0 aliphatic heterocycles. The molecule has 0 aliphatic carbocycles. The maximum absolute atomic E-state index is 13.8. The van der Waals surface area contributed by atoms with Gasteiger partial charge < -0.3 is 19.7 Å². The molecule has 1 atom stereocenters. The maximum atomic E-state index is 13.8. The Balaban J connectivity index is 6.46. The molecule has 0 aromatic rings. The monoisotopic (exact) mass is 500 g/mol. The summed E-state index contributed by atoms with van der Waals surface area (Å²) >= 11 is 0. The largest absolute Gasteiger partial charge is 0.481 e. The van der Waals surface area contributed by atoms with Crippen molar-refractivity contribution in [2.45, 2.75) is 142 Å². The average Bonchev–Trinajstić information content (AvgIpc) is 2.82. The van der Waals surface area contributed by atoms with Gasteiger partial charge in [0.1, 0.15) is 5.41 Å². The van der Waals surface area contributed by atoms with Crippen LogP contribution in [-0.4, -0.2) is 46.9 Å². The first-order valence-corrected chi connectivity index (χ1v) is 14.0. The van der Waals surface area contributed by atoms with E-state index in [1.54, 1.807) is 0 Å². The second kappa shape index (κ2) is 19.5. The SMILES string of the molecule is CCCCCCOC(CC(=O)O)(C(=O)O)C(CCCCCC)(CCCCCC)C(=O)OCCCC. The molecule has 2 N–H and O–H groups in total. The molecule has 0 aromatic carbocycles. The van der Waals surface area contributed by atoms with Gasteiger partial charge in [0.2, 0.25) is 0 Å². The van der Waals surface area contributed by atoms with Crippen LogP contribution in [0.2, 0.25) is 0 Å². The van der Waals surface area contributed by atoms with E-state index in [9.17, 15) is 24.6 Å². The van der Waals surface area contributed by atoms with Gasteiger partial charge in [-0.3, -0.25) is 9.59 Å². The number of unbranched alkanes of at least 4 members (excludes halogenated alkanes) is 10. The van der Waals surface area contributed by atoms with Crippen LogP contribution in [0.3, 0.4) is 0 Å². The molecule has 0 spiro atoms. The Kier molecular flexibility index (Phi) is 18.6. The molecule has 0 aliphatic rings. The number of ether oxygens (including phenoxy) is 2. The molecule has 35 heavy (non-hydrogen) atoms. The molecule has 0 saturated carbocycles. The standard InChI is InChI=1S/C28H52O7/c1-5-9-13-16-19-27(20-17-14-10-6-2,26(33)34-21-12-8-4)28(25(31)32,23-24(29)30)35-22-18-15-11-7-3/h5-23H2,1-4H3,(H,29,30)(H,31,32). The van der Waals surface area contributed by atoms with E-state index >= 15 is 0 Å². The lowest BCUT2D eigenvalue weighted by atomic mass is 9.63. The summed E-state index contributed by atoms with van der Waals surface area (Å²) in [5, 5.41) is 20.4. The molecule has 0 heterocycles. The second-order valence-electron chi connectivity index (χ2n) is 9.80. The summed E-state index contributed by atoms with van der Waals surface area (Å²) in [7, 11) is 0. The lowest BCUT2D eigenvalue weighted by Gasteiger charge is -2.45. The fourth-order valence-electron chi connectivity index (χ4n) is 4.74. The summed E-state index contributed by atoms with van der Waals surface area (Å²) in [6.07, 6.45) is 11.6. The van der Waals surface area contributed by atoms with Gasteiger partial charge in [-0.1, -0.05) is 105 Å². The van der Waals surface area contributed by atoms with Crippen molar-refractivity contribution in [1.82, 2.24) is 0 Å². The normalized spacial score (nSPS) is 13.4. The number of hydrogen-bond donors (Lipinski definition) is 2. The van der Waals surface area contributed by atoms with Gasteiger partial charge >= 0.3 is 17.9 Å². The Bertz CT molecular complexity index is 578. The van der Waals surface area contributed by atoms with E-state index < -0.39 is 35.3 Å². The van der Waals surface area contributed by atoms with Crippen molar-refractivity contribution in [3.8, 4) is 0 Å². The van der Waals surface area contributed by atoms with Crippen LogP contribution in [0.5, 0.6) is 0 Å². The Morgan fingerprint density at radius 1 is 0.629 bits per heavy atom. The Labute approximate surface area is 213 Å². The summed E-state index contributed by atoms with van der Waals surface area (Å²) in [5.74, 6) is -3.28. The van der Waals surface area contributed by atoms with E-state index in [-0.39, 0.29) is 26.1 Å². The van der Waals surface area contributed by atoms with Crippen LogP contribution in [0, 0.1) is 5.41 Å². The zero-order valence-electron chi connectivity index (χ0n) is 22.9. The van der Waals surface area contributed by atoms with E-state index in [2.05, 4.69) is 20.8 Å². The lowest BCUT2D eigenvalue weighted by Crippen LogP contribution is -2.61. The van der Waals surface area contributed by atoms with E-state index in [0.29, 0.717) is 25.7 Å². The number of esters is 1. The fourth-order valence-corrected chi connectivity index (χ4v) is 4.74. The molecule has 0 aromatic heterocycles. The van der Waals surface area contributed by atoms with Crippen molar-refractivity contribution in [3.05, 3.63) is 0 Å². The molecule has 0 bridgehead atoms. The molecule has 0 saturated heterocycles. The number of hydrogen-bond acceptors (Lipinski definition) is 5. The second-order valence-corrected chi connectivity index (χ2v) is 9.80. The Morgan fingerprint density at radius 3 is 1.54 bits per heavy atom. The highest BCUT2D eigenvalue weighted by atomic mass is 16.6. The van der Waals surface area contributed by atoms with Crippen molar-refractivity contribution < 1.29 is 34.1 Å². The van der Waals surface area contributed by atoms with E-state index in [0.717, 1.165) is 64.2 Å². The first kappa shape index (κ1) is 33.4. The highest BCUT2D eigenvalue weighted by molar-refractivity contribution is 5.93. The highest BCUT2D eigenvalue weighted by Crippen LogP contribution is 2.48. The number of aliphatic carboxylic acids is 2. The third kappa shape index (κ3) is 11.3. The van der Waals surface area contributed by atoms with E-state index in [1.165, 1.54) is 0 Å². The topological polar surface area (TPSA) is 110 Å². The number of carbonyl (C=O) groups is 3. The fraction of sp³-hybridized carbons (Fsp3) is 0.893. The van der Waals surface area contributed by atoms with E-state index in [1.807, 2.05) is 6.92 Å².